The Morgan fingerprint density at radius 3 is 2.00 bits per heavy atom. The molecule has 1 atom stereocenters. The first-order valence-corrected chi connectivity index (χ1v) is 5.03. The van der Waals surface area contributed by atoms with E-state index in [-0.39, 0.29) is 5.16 Å². The van der Waals surface area contributed by atoms with Crippen molar-refractivity contribution in [1.82, 2.24) is 9.97 Å². The van der Waals surface area contributed by atoms with Crippen LogP contribution in [0.2, 0.25) is 0 Å². The van der Waals surface area contributed by atoms with Crippen LogP contribution in [0.4, 0.5) is 0 Å². The second-order valence-corrected chi connectivity index (χ2v) is 3.46. The number of hydrogen-bond acceptors (Lipinski definition) is 5. The van der Waals surface area contributed by atoms with Crippen LogP contribution in [0.15, 0.2) is 11.2 Å². The molecule has 0 aliphatic heterocycles. The lowest BCUT2D eigenvalue weighted by Gasteiger charge is -2.03. The second-order valence-electron chi connectivity index (χ2n) is 2.19. The second kappa shape index (κ2) is 4.18. The van der Waals surface area contributed by atoms with E-state index < -0.39 is 10.8 Å². The highest BCUT2D eigenvalue weighted by Crippen LogP contribution is 2.15. The molecule has 0 aliphatic rings. The lowest BCUT2D eigenvalue weighted by atomic mass is 10.6. The van der Waals surface area contributed by atoms with Gasteiger partial charge in [0.2, 0.25) is 16.9 Å². The third kappa shape index (κ3) is 2.38. The topological polar surface area (TPSA) is 61.3 Å². The van der Waals surface area contributed by atoms with E-state index in [1.165, 1.54) is 26.5 Å². The van der Waals surface area contributed by atoms with Gasteiger partial charge in [-0.2, -0.15) is 9.97 Å². The summed E-state index contributed by atoms with van der Waals surface area (Å²) in [5.74, 6) is 0.689. The third-order valence-electron chi connectivity index (χ3n) is 1.33. The summed E-state index contributed by atoms with van der Waals surface area (Å²) in [6, 6.07) is 1.52. The van der Waals surface area contributed by atoms with Crippen LogP contribution < -0.4 is 9.47 Å². The van der Waals surface area contributed by atoms with Gasteiger partial charge in [-0.05, 0) is 0 Å². The molecule has 0 unspecified atom stereocenters. The van der Waals surface area contributed by atoms with Gasteiger partial charge in [0.25, 0.3) is 0 Å². The van der Waals surface area contributed by atoms with Crippen molar-refractivity contribution in [2.45, 2.75) is 5.16 Å². The quantitative estimate of drug-likeness (QED) is 0.657. The monoisotopic (exact) mass is 202 g/mol. The van der Waals surface area contributed by atoms with Gasteiger partial charge in [0.1, 0.15) is 0 Å². The molecule has 0 saturated carbocycles. The van der Waals surface area contributed by atoms with Crippen LogP contribution in [-0.4, -0.2) is 34.7 Å². The van der Waals surface area contributed by atoms with E-state index in [4.69, 9.17) is 9.47 Å². The summed E-state index contributed by atoms with van der Waals surface area (Å²) < 4.78 is 20.8. The first-order chi connectivity index (χ1) is 6.17. The van der Waals surface area contributed by atoms with E-state index in [1.54, 1.807) is 0 Å². The van der Waals surface area contributed by atoms with Gasteiger partial charge in [0.15, 0.2) is 0 Å². The first kappa shape index (κ1) is 9.91. The van der Waals surface area contributed by atoms with Gasteiger partial charge in [0, 0.05) is 6.26 Å². The molecule has 1 aromatic heterocycles. The van der Waals surface area contributed by atoms with E-state index in [0.29, 0.717) is 11.8 Å². The van der Waals surface area contributed by atoms with Gasteiger partial charge in [-0.25, -0.2) is 0 Å². The van der Waals surface area contributed by atoms with Gasteiger partial charge in [0.05, 0.1) is 31.1 Å². The van der Waals surface area contributed by atoms with Crippen LogP contribution >= 0.6 is 0 Å². The molecule has 0 aliphatic carbocycles. The third-order valence-corrected chi connectivity index (χ3v) is 2.03. The number of aromatic nitrogens is 2. The zero-order valence-electron chi connectivity index (χ0n) is 7.60. The van der Waals surface area contributed by atoms with Crippen molar-refractivity contribution in [1.29, 1.82) is 0 Å². The Balaban J connectivity index is 3.14. The molecular formula is C7H10N2O3S. The summed E-state index contributed by atoms with van der Waals surface area (Å²) in [7, 11) is 1.72. The smallest absolute Gasteiger partial charge is 0.224 e. The van der Waals surface area contributed by atoms with E-state index in [2.05, 4.69) is 9.97 Å². The molecule has 72 valence electrons. The predicted octanol–water partition coefficient (Wildman–Crippen LogP) is 0.231. The van der Waals surface area contributed by atoms with Crippen molar-refractivity contribution in [2.24, 2.45) is 0 Å². The highest BCUT2D eigenvalue weighted by Gasteiger charge is 2.07. The van der Waals surface area contributed by atoms with Gasteiger partial charge < -0.3 is 9.47 Å². The minimum absolute atomic E-state index is 0.205. The molecule has 0 radical (unpaired) electrons. The Bertz CT molecular complexity index is 307. The van der Waals surface area contributed by atoms with Crippen LogP contribution in [0.1, 0.15) is 0 Å². The average Bonchev–Trinajstić information content (AvgIpc) is 2.16. The molecule has 0 saturated heterocycles. The molecule has 0 aromatic carbocycles. The minimum atomic E-state index is -1.23. The van der Waals surface area contributed by atoms with Gasteiger partial charge in [-0.15, -0.1) is 0 Å². The zero-order chi connectivity index (χ0) is 9.84. The van der Waals surface area contributed by atoms with Crippen LogP contribution in [0.25, 0.3) is 0 Å². The molecule has 0 spiro atoms. The minimum Gasteiger partial charge on any atom is -0.481 e. The highest BCUT2D eigenvalue weighted by atomic mass is 32.2. The van der Waals surface area contributed by atoms with Crippen LogP contribution in [0.3, 0.4) is 0 Å². The summed E-state index contributed by atoms with van der Waals surface area (Å²) in [6.45, 7) is 0. The number of methoxy groups -OCH3 is 2. The maximum Gasteiger partial charge on any atom is 0.224 e. The molecule has 6 heteroatoms. The maximum absolute atomic E-state index is 11.1. The SMILES string of the molecule is COc1cc(OC)nc([S@](C)=O)n1. The molecule has 0 N–H and O–H groups in total. The Morgan fingerprint density at radius 1 is 1.23 bits per heavy atom. The standard InChI is InChI=1S/C7H10N2O3S/c1-11-5-4-6(12-2)9-7(8-5)13(3)10/h4H,1-3H3/t13-/m0/s1. The van der Waals surface area contributed by atoms with Crippen molar-refractivity contribution in [3.8, 4) is 11.8 Å². The maximum atomic E-state index is 11.1. The number of rotatable bonds is 3. The summed E-state index contributed by atoms with van der Waals surface area (Å²) in [5.41, 5.74) is 0. The van der Waals surface area contributed by atoms with Crippen LogP contribution in [0.5, 0.6) is 11.8 Å². The average molecular weight is 202 g/mol. The fourth-order valence-electron chi connectivity index (χ4n) is 0.721. The van der Waals surface area contributed by atoms with Crippen molar-refractivity contribution < 1.29 is 13.7 Å². The summed E-state index contributed by atoms with van der Waals surface area (Å²) in [4.78, 5) is 7.77. The lowest BCUT2D eigenvalue weighted by Crippen LogP contribution is -2.01. The van der Waals surface area contributed by atoms with Gasteiger partial charge in [-0.3, -0.25) is 4.21 Å². The molecule has 1 aromatic rings. The molecule has 0 amide bonds. The Labute approximate surface area is 78.6 Å². The predicted molar refractivity (Wildman–Crippen MR) is 47.5 cm³/mol. The van der Waals surface area contributed by atoms with Crippen LogP contribution in [0, 0.1) is 0 Å². The molecule has 5 nitrogen and oxygen atoms in total. The van der Waals surface area contributed by atoms with Crippen molar-refractivity contribution in [3.63, 3.8) is 0 Å². The molecule has 1 rings (SSSR count). The summed E-state index contributed by atoms with van der Waals surface area (Å²) in [6.07, 6.45) is 1.49. The highest BCUT2D eigenvalue weighted by molar-refractivity contribution is 7.84. The molecule has 0 fully saturated rings. The van der Waals surface area contributed by atoms with E-state index in [9.17, 15) is 4.21 Å². The van der Waals surface area contributed by atoms with E-state index in [1.807, 2.05) is 0 Å². The Morgan fingerprint density at radius 2 is 1.69 bits per heavy atom. The fourth-order valence-corrected chi connectivity index (χ4v) is 1.16. The lowest BCUT2D eigenvalue weighted by molar-refractivity contribution is 0.363. The van der Waals surface area contributed by atoms with Crippen molar-refractivity contribution in [3.05, 3.63) is 6.07 Å². The number of ether oxygens (including phenoxy) is 2. The van der Waals surface area contributed by atoms with Crippen LogP contribution in [-0.2, 0) is 10.8 Å². The molecular weight excluding hydrogens is 192 g/mol. The molecule has 13 heavy (non-hydrogen) atoms. The largest absolute Gasteiger partial charge is 0.481 e. The first-order valence-electron chi connectivity index (χ1n) is 3.48. The van der Waals surface area contributed by atoms with Crippen molar-refractivity contribution >= 4 is 10.8 Å². The summed E-state index contributed by atoms with van der Waals surface area (Å²) in [5, 5.41) is 0.205. The van der Waals surface area contributed by atoms with Crippen molar-refractivity contribution in [2.75, 3.05) is 20.5 Å². The zero-order valence-corrected chi connectivity index (χ0v) is 8.42. The van der Waals surface area contributed by atoms with E-state index >= 15 is 0 Å². The molecule has 0 bridgehead atoms. The Hall–Kier alpha value is -1.17. The normalized spacial score (nSPS) is 12.2. The number of nitrogens with zero attached hydrogens (tertiary/aromatic N) is 2. The van der Waals surface area contributed by atoms with Gasteiger partial charge >= 0.3 is 0 Å². The van der Waals surface area contributed by atoms with E-state index in [0.717, 1.165) is 0 Å². The number of hydrogen-bond donors (Lipinski definition) is 0. The summed E-state index contributed by atoms with van der Waals surface area (Å²) >= 11 is 0. The Kier molecular flexibility index (Phi) is 3.18. The molecule has 1 heterocycles. The van der Waals surface area contributed by atoms with Gasteiger partial charge in [-0.1, -0.05) is 0 Å². The fraction of sp³-hybridized carbons (Fsp3) is 0.429.